The van der Waals surface area contributed by atoms with E-state index in [1.54, 1.807) is 0 Å². The molecule has 0 saturated heterocycles. The number of nitrogens with one attached hydrogen (secondary N) is 1. The number of imidazole rings is 1. The monoisotopic (exact) mass is 294 g/mol. The largest absolute Gasteiger partial charge is 0.394 e. The Balaban J connectivity index is 1.80. The van der Waals surface area contributed by atoms with Crippen molar-refractivity contribution in [3.05, 3.63) is 18.2 Å². The van der Waals surface area contributed by atoms with E-state index in [1.807, 2.05) is 6.20 Å². The maximum atomic E-state index is 9.78. The molecule has 0 saturated carbocycles. The van der Waals surface area contributed by atoms with Gasteiger partial charge in [0.1, 0.15) is 5.82 Å². The summed E-state index contributed by atoms with van der Waals surface area (Å²) in [5.74, 6) is 1.17. The molecule has 120 valence electrons. The first-order chi connectivity index (χ1) is 10.1. The van der Waals surface area contributed by atoms with Gasteiger partial charge in [0, 0.05) is 37.1 Å². The summed E-state index contributed by atoms with van der Waals surface area (Å²) in [4.78, 5) is 6.87. The summed E-state index contributed by atoms with van der Waals surface area (Å²) < 4.78 is 2.24. The van der Waals surface area contributed by atoms with Crippen LogP contribution in [0.4, 0.5) is 0 Å². The molecule has 0 aromatic carbocycles. The van der Waals surface area contributed by atoms with Crippen LogP contribution in [0.25, 0.3) is 0 Å². The number of fused-ring (bicyclic) bond motifs is 1. The zero-order chi connectivity index (χ0) is 15.3. The van der Waals surface area contributed by atoms with Gasteiger partial charge in [-0.2, -0.15) is 0 Å². The predicted molar refractivity (Wildman–Crippen MR) is 85.1 cm³/mol. The topological polar surface area (TPSA) is 53.3 Å². The number of hydrogen-bond acceptors (Lipinski definition) is 4. The van der Waals surface area contributed by atoms with Gasteiger partial charge in [0.15, 0.2) is 0 Å². The van der Waals surface area contributed by atoms with E-state index >= 15 is 0 Å². The molecule has 2 N–H and O–H groups in total. The van der Waals surface area contributed by atoms with Crippen LogP contribution in [0.2, 0.25) is 0 Å². The van der Waals surface area contributed by atoms with Crippen molar-refractivity contribution < 1.29 is 5.11 Å². The normalized spacial score (nSPS) is 18.7. The van der Waals surface area contributed by atoms with Crippen molar-refractivity contribution >= 4 is 0 Å². The quantitative estimate of drug-likeness (QED) is 0.765. The molecule has 0 spiro atoms. The Morgan fingerprint density at radius 3 is 2.90 bits per heavy atom. The zero-order valence-corrected chi connectivity index (χ0v) is 13.7. The fourth-order valence-electron chi connectivity index (χ4n) is 3.26. The third-order valence-electron chi connectivity index (χ3n) is 4.53. The molecule has 1 aromatic rings. The molecule has 0 amide bonds. The van der Waals surface area contributed by atoms with Gasteiger partial charge in [-0.05, 0) is 25.8 Å². The highest BCUT2D eigenvalue weighted by atomic mass is 16.3. The number of nitrogens with zero attached hydrogens (tertiary/aromatic N) is 3. The van der Waals surface area contributed by atoms with E-state index in [0.717, 1.165) is 45.4 Å². The van der Waals surface area contributed by atoms with E-state index in [2.05, 4.69) is 46.7 Å². The van der Waals surface area contributed by atoms with Gasteiger partial charge in [0.25, 0.3) is 0 Å². The van der Waals surface area contributed by atoms with E-state index in [1.165, 1.54) is 5.82 Å². The maximum absolute atomic E-state index is 9.78. The van der Waals surface area contributed by atoms with Crippen molar-refractivity contribution in [2.45, 2.75) is 64.7 Å². The molecule has 5 heteroatoms. The first-order valence-electron chi connectivity index (χ1n) is 8.19. The van der Waals surface area contributed by atoms with Gasteiger partial charge in [-0.1, -0.05) is 20.8 Å². The highest BCUT2D eigenvalue weighted by Gasteiger charge is 2.27. The minimum atomic E-state index is -0.123. The van der Waals surface area contributed by atoms with Crippen molar-refractivity contribution in [2.24, 2.45) is 0 Å². The Kier molecular flexibility index (Phi) is 5.79. The van der Waals surface area contributed by atoms with Crippen LogP contribution in [0, 0.1) is 0 Å². The van der Waals surface area contributed by atoms with Crippen molar-refractivity contribution in [2.75, 3.05) is 19.7 Å². The summed E-state index contributed by atoms with van der Waals surface area (Å²) in [5.41, 5.74) is -0.123. The Labute approximate surface area is 128 Å². The van der Waals surface area contributed by atoms with Crippen LogP contribution in [0.5, 0.6) is 0 Å². The highest BCUT2D eigenvalue weighted by molar-refractivity contribution is 4.95. The second-order valence-corrected chi connectivity index (χ2v) is 6.51. The lowest BCUT2D eigenvalue weighted by Gasteiger charge is -2.35. The van der Waals surface area contributed by atoms with Gasteiger partial charge in [0.2, 0.25) is 0 Å². The van der Waals surface area contributed by atoms with E-state index in [0.29, 0.717) is 6.04 Å². The Bertz CT molecular complexity index is 426. The molecule has 0 aliphatic carbocycles. The summed E-state index contributed by atoms with van der Waals surface area (Å²) in [5, 5.41) is 13.3. The smallest absolute Gasteiger partial charge is 0.122 e. The number of aromatic nitrogens is 2. The SMILES string of the molecule is CCC(CO)(CCCN1CCn2ccnc2C1)NC(C)C. The minimum absolute atomic E-state index is 0.123. The minimum Gasteiger partial charge on any atom is -0.394 e. The first kappa shape index (κ1) is 16.5. The summed E-state index contributed by atoms with van der Waals surface area (Å²) in [7, 11) is 0. The van der Waals surface area contributed by atoms with Crippen LogP contribution in [0.1, 0.15) is 45.9 Å². The van der Waals surface area contributed by atoms with Crippen molar-refractivity contribution in [1.29, 1.82) is 0 Å². The average Bonchev–Trinajstić information content (AvgIpc) is 2.93. The van der Waals surface area contributed by atoms with Gasteiger partial charge in [0.05, 0.1) is 13.2 Å². The molecule has 1 atom stereocenters. The van der Waals surface area contributed by atoms with E-state index in [9.17, 15) is 5.11 Å². The molecule has 2 heterocycles. The Morgan fingerprint density at radius 1 is 1.43 bits per heavy atom. The van der Waals surface area contributed by atoms with Crippen LogP contribution in [0.3, 0.4) is 0 Å². The molecule has 1 unspecified atom stereocenters. The van der Waals surface area contributed by atoms with E-state index in [-0.39, 0.29) is 12.1 Å². The zero-order valence-electron chi connectivity index (χ0n) is 13.7. The molecular formula is C16H30N4O. The summed E-state index contributed by atoms with van der Waals surface area (Å²) in [6.45, 7) is 10.8. The molecule has 2 rings (SSSR count). The first-order valence-corrected chi connectivity index (χ1v) is 8.19. The fourth-order valence-corrected chi connectivity index (χ4v) is 3.26. The molecule has 1 aliphatic heterocycles. The number of aliphatic hydroxyl groups is 1. The summed E-state index contributed by atoms with van der Waals surface area (Å²) in [6.07, 6.45) is 7.04. The number of aliphatic hydroxyl groups excluding tert-OH is 1. The summed E-state index contributed by atoms with van der Waals surface area (Å²) in [6, 6.07) is 0.402. The molecule has 5 nitrogen and oxygen atoms in total. The molecule has 1 aromatic heterocycles. The van der Waals surface area contributed by atoms with Gasteiger partial charge < -0.3 is 15.0 Å². The molecule has 1 aliphatic rings. The Hall–Kier alpha value is -0.910. The van der Waals surface area contributed by atoms with Crippen LogP contribution in [-0.2, 0) is 13.1 Å². The Morgan fingerprint density at radius 2 is 2.24 bits per heavy atom. The van der Waals surface area contributed by atoms with E-state index in [4.69, 9.17) is 0 Å². The van der Waals surface area contributed by atoms with Crippen LogP contribution >= 0.6 is 0 Å². The molecule has 0 bridgehead atoms. The second-order valence-electron chi connectivity index (χ2n) is 6.51. The van der Waals surface area contributed by atoms with Crippen LogP contribution in [-0.4, -0.2) is 50.8 Å². The molecule has 0 fully saturated rings. The van der Waals surface area contributed by atoms with Gasteiger partial charge in [-0.25, -0.2) is 4.98 Å². The summed E-state index contributed by atoms with van der Waals surface area (Å²) >= 11 is 0. The van der Waals surface area contributed by atoms with Gasteiger partial charge >= 0.3 is 0 Å². The van der Waals surface area contributed by atoms with Crippen molar-refractivity contribution in [1.82, 2.24) is 19.8 Å². The van der Waals surface area contributed by atoms with Crippen molar-refractivity contribution in [3.63, 3.8) is 0 Å². The van der Waals surface area contributed by atoms with Gasteiger partial charge in [-0.3, -0.25) is 4.90 Å². The highest BCUT2D eigenvalue weighted by Crippen LogP contribution is 2.19. The number of rotatable bonds is 8. The second kappa shape index (κ2) is 7.38. The maximum Gasteiger partial charge on any atom is 0.122 e. The standard InChI is InChI=1S/C16H30N4O/c1-4-16(13-21,18-14(2)3)6-5-8-19-10-11-20-9-7-17-15(20)12-19/h7,9,14,18,21H,4-6,8,10-13H2,1-3H3. The third-order valence-corrected chi connectivity index (χ3v) is 4.53. The number of hydrogen-bond donors (Lipinski definition) is 2. The lowest BCUT2D eigenvalue weighted by atomic mass is 9.90. The predicted octanol–water partition coefficient (Wildman–Crippen LogP) is 1.62. The van der Waals surface area contributed by atoms with Gasteiger partial charge in [-0.15, -0.1) is 0 Å². The molecular weight excluding hydrogens is 264 g/mol. The molecule has 21 heavy (non-hydrogen) atoms. The fraction of sp³-hybridized carbons (Fsp3) is 0.812. The lowest BCUT2D eigenvalue weighted by Crippen LogP contribution is -2.51. The van der Waals surface area contributed by atoms with E-state index < -0.39 is 0 Å². The molecule has 0 radical (unpaired) electrons. The average molecular weight is 294 g/mol. The van der Waals surface area contributed by atoms with Crippen LogP contribution in [0.15, 0.2) is 12.4 Å². The third kappa shape index (κ3) is 4.28. The lowest BCUT2D eigenvalue weighted by molar-refractivity contribution is 0.126. The van der Waals surface area contributed by atoms with Crippen LogP contribution < -0.4 is 5.32 Å². The van der Waals surface area contributed by atoms with Crippen molar-refractivity contribution in [3.8, 4) is 0 Å².